The molecule has 3 aromatic carbocycles. The molecular weight excluding hydrogens is 532 g/mol. The summed E-state index contributed by atoms with van der Waals surface area (Å²) in [5.41, 5.74) is 4.82. The van der Waals surface area contributed by atoms with Crippen LogP contribution in [0.4, 0.5) is 5.69 Å². The van der Waals surface area contributed by atoms with Crippen LogP contribution in [0.25, 0.3) is 28.0 Å². The number of para-hydroxylation sites is 1. The van der Waals surface area contributed by atoms with Gasteiger partial charge in [0.05, 0.1) is 21.6 Å². The van der Waals surface area contributed by atoms with E-state index in [2.05, 4.69) is 42.9 Å². The number of amides is 1. The van der Waals surface area contributed by atoms with Crippen molar-refractivity contribution in [2.45, 2.75) is 27.2 Å². The molecular formula is C33H30N4O5. The molecule has 1 aliphatic heterocycles. The number of allylic oxidation sites excluding steroid dienone is 2. The zero-order valence-corrected chi connectivity index (χ0v) is 23.5. The number of non-ortho nitro benzene ring substituents is 1. The third kappa shape index (κ3) is 4.38. The third-order valence-electron chi connectivity index (χ3n) is 8.64. The molecule has 0 fully saturated rings. The number of aromatic nitrogens is 2. The summed E-state index contributed by atoms with van der Waals surface area (Å²) in [7, 11) is 0. The minimum atomic E-state index is -0.950. The van der Waals surface area contributed by atoms with Crippen molar-refractivity contribution in [1.29, 1.82) is 0 Å². The zero-order valence-electron chi connectivity index (χ0n) is 23.5. The second-order valence-electron chi connectivity index (χ2n) is 11.8. The van der Waals surface area contributed by atoms with Gasteiger partial charge in [-0.2, -0.15) is 0 Å². The molecule has 0 saturated carbocycles. The summed E-state index contributed by atoms with van der Waals surface area (Å²) in [6.07, 6.45) is 5.11. The first kappa shape index (κ1) is 27.1. The van der Waals surface area contributed by atoms with E-state index in [-0.39, 0.29) is 33.5 Å². The van der Waals surface area contributed by atoms with E-state index in [4.69, 9.17) is 0 Å². The number of rotatable bonds is 5. The van der Waals surface area contributed by atoms with Gasteiger partial charge in [-0.25, -0.2) is 9.78 Å². The Hall–Kier alpha value is -5.05. The SMILES string of the molecule is CC1(C)C(c2ccc(C(=O)O)cc2)=CC[C@]2(C)CN(C(=O)c3ccccc3-c3nc4c([N+](=O)[O-])cccc4[nH]3)CC=C12. The molecule has 1 aliphatic carbocycles. The van der Waals surface area contributed by atoms with Gasteiger partial charge in [0.25, 0.3) is 11.6 Å². The predicted molar refractivity (Wildman–Crippen MR) is 160 cm³/mol. The molecule has 0 bridgehead atoms. The first-order chi connectivity index (χ1) is 20.0. The number of H-pyrrole nitrogens is 1. The maximum Gasteiger partial charge on any atom is 0.335 e. The second-order valence-corrected chi connectivity index (χ2v) is 11.8. The Morgan fingerprint density at radius 1 is 1.00 bits per heavy atom. The molecule has 0 unspecified atom stereocenters. The lowest BCUT2D eigenvalue weighted by molar-refractivity contribution is -0.383. The van der Waals surface area contributed by atoms with Crippen molar-refractivity contribution >= 4 is 34.2 Å². The fourth-order valence-corrected chi connectivity index (χ4v) is 6.69. The summed E-state index contributed by atoms with van der Waals surface area (Å²) < 4.78 is 0. The molecule has 0 spiro atoms. The molecule has 2 heterocycles. The number of carbonyl (C=O) groups is 2. The fraction of sp³-hybridized carbons (Fsp3) is 0.242. The summed E-state index contributed by atoms with van der Waals surface area (Å²) in [5, 5.41) is 20.8. The Bertz CT molecular complexity index is 1830. The van der Waals surface area contributed by atoms with E-state index in [0.717, 1.165) is 17.6 Å². The molecule has 0 radical (unpaired) electrons. The Balaban J connectivity index is 1.31. The standard InChI is InChI=1S/C33H30N4O5/c1-32(2)24(20-11-13-21(14-12-20)31(39)40)15-17-33(3)19-36(18-16-27(32)33)30(38)23-8-5-4-7-22(23)29-34-25-9-6-10-26(37(41)42)28(25)35-29/h4-16H,17-19H2,1-3H3,(H,34,35)(H,39,40)/t33-/m1/s1. The summed E-state index contributed by atoms with van der Waals surface area (Å²) in [6.45, 7) is 7.52. The van der Waals surface area contributed by atoms with E-state index >= 15 is 0 Å². The topological polar surface area (TPSA) is 129 Å². The zero-order chi connectivity index (χ0) is 29.8. The Morgan fingerprint density at radius 3 is 2.45 bits per heavy atom. The molecule has 42 heavy (non-hydrogen) atoms. The lowest BCUT2D eigenvalue weighted by atomic mass is 9.58. The number of aromatic carboxylic acids is 1. The van der Waals surface area contributed by atoms with Crippen molar-refractivity contribution in [1.82, 2.24) is 14.9 Å². The molecule has 1 amide bonds. The van der Waals surface area contributed by atoms with E-state index in [9.17, 15) is 24.8 Å². The number of imidazole rings is 1. The van der Waals surface area contributed by atoms with Gasteiger partial charge >= 0.3 is 5.97 Å². The Kier molecular flexibility index (Phi) is 6.33. The van der Waals surface area contributed by atoms with E-state index in [0.29, 0.717) is 35.6 Å². The van der Waals surface area contributed by atoms with Gasteiger partial charge in [0, 0.05) is 35.5 Å². The molecule has 4 aromatic rings. The number of hydrogen-bond donors (Lipinski definition) is 2. The van der Waals surface area contributed by atoms with E-state index in [1.807, 2.05) is 29.2 Å². The van der Waals surface area contributed by atoms with Gasteiger partial charge in [-0.05, 0) is 41.8 Å². The first-order valence-corrected chi connectivity index (χ1v) is 13.8. The van der Waals surface area contributed by atoms with Crippen LogP contribution in [0.2, 0.25) is 0 Å². The second kappa shape index (κ2) is 9.80. The number of fused-ring (bicyclic) bond motifs is 2. The van der Waals surface area contributed by atoms with Crippen molar-refractivity contribution in [3.05, 3.63) is 111 Å². The lowest BCUT2D eigenvalue weighted by Crippen LogP contribution is -2.48. The van der Waals surface area contributed by atoms with Crippen LogP contribution in [-0.2, 0) is 0 Å². The quantitative estimate of drug-likeness (QED) is 0.157. The molecule has 2 aliphatic rings. The summed E-state index contributed by atoms with van der Waals surface area (Å²) in [5.74, 6) is -0.675. The van der Waals surface area contributed by atoms with Crippen LogP contribution in [0.15, 0.2) is 84.5 Å². The van der Waals surface area contributed by atoms with Gasteiger partial charge in [-0.15, -0.1) is 0 Å². The van der Waals surface area contributed by atoms with E-state index in [1.54, 1.807) is 36.4 Å². The highest BCUT2D eigenvalue weighted by molar-refractivity contribution is 6.01. The number of nitro groups is 1. The largest absolute Gasteiger partial charge is 0.478 e. The van der Waals surface area contributed by atoms with Crippen LogP contribution >= 0.6 is 0 Å². The van der Waals surface area contributed by atoms with E-state index in [1.165, 1.54) is 11.6 Å². The van der Waals surface area contributed by atoms with Crippen molar-refractivity contribution in [2.24, 2.45) is 10.8 Å². The highest BCUT2D eigenvalue weighted by Crippen LogP contribution is 2.55. The maximum atomic E-state index is 14.0. The van der Waals surface area contributed by atoms with Crippen LogP contribution < -0.4 is 0 Å². The molecule has 2 N–H and O–H groups in total. The lowest BCUT2D eigenvalue weighted by Gasteiger charge is -2.50. The van der Waals surface area contributed by atoms with Crippen LogP contribution in [-0.4, -0.2) is 49.9 Å². The maximum absolute atomic E-state index is 14.0. The minimum Gasteiger partial charge on any atom is -0.478 e. The van der Waals surface area contributed by atoms with Crippen molar-refractivity contribution in [3.63, 3.8) is 0 Å². The molecule has 6 rings (SSSR count). The normalized spacial score (nSPS) is 19.5. The minimum absolute atomic E-state index is 0.0920. The number of nitrogens with zero attached hydrogens (tertiary/aromatic N) is 3. The van der Waals surface area contributed by atoms with Crippen LogP contribution in [0.1, 0.15) is 53.5 Å². The van der Waals surface area contributed by atoms with Gasteiger partial charge in [0.2, 0.25) is 0 Å². The summed E-state index contributed by atoms with van der Waals surface area (Å²) >= 11 is 0. The number of nitrogens with one attached hydrogen (secondary N) is 1. The molecule has 1 aromatic heterocycles. The van der Waals surface area contributed by atoms with E-state index < -0.39 is 10.9 Å². The molecule has 9 nitrogen and oxygen atoms in total. The number of nitro benzene ring substituents is 1. The number of carbonyl (C=O) groups excluding carboxylic acids is 1. The number of aromatic amines is 1. The highest BCUT2D eigenvalue weighted by Gasteiger charge is 2.46. The van der Waals surface area contributed by atoms with Crippen molar-refractivity contribution < 1.29 is 19.6 Å². The number of carboxylic acid groups (broad SMARTS) is 1. The average Bonchev–Trinajstić information content (AvgIpc) is 3.41. The Labute approximate surface area is 242 Å². The highest BCUT2D eigenvalue weighted by atomic mass is 16.6. The summed E-state index contributed by atoms with van der Waals surface area (Å²) in [6, 6.07) is 19.0. The number of carboxylic acids is 1. The van der Waals surface area contributed by atoms with Gasteiger partial charge in [0.15, 0.2) is 5.52 Å². The smallest absolute Gasteiger partial charge is 0.335 e. The average molecular weight is 563 g/mol. The van der Waals surface area contributed by atoms with Crippen LogP contribution in [0, 0.1) is 20.9 Å². The summed E-state index contributed by atoms with van der Waals surface area (Å²) in [4.78, 5) is 46.0. The van der Waals surface area contributed by atoms with Crippen molar-refractivity contribution in [3.8, 4) is 11.4 Å². The van der Waals surface area contributed by atoms with Crippen molar-refractivity contribution in [2.75, 3.05) is 13.1 Å². The van der Waals surface area contributed by atoms with Gasteiger partial charge in [-0.3, -0.25) is 14.9 Å². The van der Waals surface area contributed by atoms with Crippen LogP contribution in [0.3, 0.4) is 0 Å². The number of benzene rings is 3. The monoisotopic (exact) mass is 562 g/mol. The van der Waals surface area contributed by atoms with Gasteiger partial charge in [-0.1, -0.05) is 74.9 Å². The third-order valence-corrected chi connectivity index (χ3v) is 8.64. The predicted octanol–water partition coefficient (Wildman–Crippen LogP) is 6.74. The first-order valence-electron chi connectivity index (χ1n) is 13.8. The van der Waals surface area contributed by atoms with Crippen LogP contribution in [0.5, 0.6) is 0 Å². The van der Waals surface area contributed by atoms with Gasteiger partial charge < -0.3 is 15.0 Å². The number of hydrogen-bond acceptors (Lipinski definition) is 5. The molecule has 0 saturated heterocycles. The molecule has 9 heteroatoms. The molecule has 212 valence electrons. The van der Waals surface area contributed by atoms with Gasteiger partial charge in [0.1, 0.15) is 5.82 Å². The molecule has 1 atom stereocenters. The Morgan fingerprint density at radius 2 is 1.74 bits per heavy atom. The fourth-order valence-electron chi connectivity index (χ4n) is 6.69.